The monoisotopic (exact) mass is 297 g/mol. The van der Waals surface area contributed by atoms with Crippen molar-refractivity contribution in [2.75, 3.05) is 18.1 Å². The molecule has 1 saturated heterocycles. The standard InChI is InChI=1S/C13H15NO5S/c1-2-18-12-5-9(6-14)3-4-11(12)19-13-8-20(16,17)7-10(13)15/h3-5,10,13,15H,2,7-8H2,1H3. The highest BCUT2D eigenvalue weighted by molar-refractivity contribution is 7.91. The molecule has 0 aliphatic carbocycles. The van der Waals surface area contributed by atoms with Crippen molar-refractivity contribution in [3.63, 3.8) is 0 Å². The van der Waals surface area contributed by atoms with E-state index in [1.165, 1.54) is 6.07 Å². The van der Waals surface area contributed by atoms with E-state index in [1.807, 2.05) is 6.07 Å². The summed E-state index contributed by atoms with van der Waals surface area (Å²) in [5.41, 5.74) is 0.417. The number of ether oxygens (including phenoxy) is 2. The smallest absolute Gasteiger partial charge is 0.162 e. The minimum absolute atomic E-state index is 0.222. The lowest BCUT2D eigenvalue weighted by Gasteiger charge is -2.18. The normalized spacial score (nSPS) is 24.1. The van der Waals surface area contributed by atoms with Gasteiger partial charge in [0.2, 0.25) is 0 Å². The fourth-order valence-electron chi connectivity index (χ4n) is 2.02. The number of aliphatic hydroxyl groups excluding tert-OH is 1. The lowest BCUT2D eigenvalue weighted by Crippen LogP contribution is -2.29. The first kappa shape index (κ1) is 14.6. The van der Waals surface area contributed by atoms with Gasteiger partial charge >= 0.3 is 0 Å². The molecule has 1 N–H and O–H groups in total. The predicted molar refractivity (Wildman–Crippen MR) is 71.4 cm³/mol. The molecule has 2 atom stereocenters. The van der Waals surface area contributed by atoms with E-state index < -0.39 is 22.0 Å². The van der Waals surface area contributed by atoms with E-state index in [4.69, 9.17) is 14.7 Å². The van der Waals surface area contributed by atoms with Gasteiger partial charge in [-0.2, -0.15) is 5.26 Å². The Bertz CT molecular complexity index is 635. The van der Waals surface area contributed by atoms with Crippen LogP contribution in [0.1, 0.15) is 12.5 Å². The number of hydrogen-bond donors (Lipinski definition) is 1. The van der Waals surface area contributed by atoms with Crippen LogP contribution >= 0.6 is 0 Å². The zero-order valence-electron chi connectivity index (χ0n) is 10.9. The maximum atomic E-state index is 11.4. The predicted octanol–water partition coefficient (Wildman–Crippen LogP) is 0.494. The molecule has 2 unspecified atom stereocenters. The number of sulfone groups is 1. The molecule has 0 amide bonds. The molecule has 0 aromatic heterocycles. The van der Waals surface area contributed by atoms with Crippen LogP contribution in [0.4, 0.5) is 0 Å². The van der Waals surface area contributed by atoms with Crippen molar-refractivity contribution in [1.82, 2.24) is 0 Å². The summed E-state index contributed by atoms with van der Waals surface area (Å²) < 4.78 is 33.8. The zero-order chi connectivity index (χ0) is 14.8. The van der Waals surface area contributed by atoms with Gasteiger partial charge in [0.1, 0.15) is 12.2 Å². The lowest BCUT2D eigenvalue weighted by molar-refractivity contribution is 0.0713. The molecular weight excluding hydrogens is 282 g/mol. The van der Waals surface area contributed by atoms with E-state index in [0.29, 0.717) is 23.7 Å². The highest BCUT2D eigenvalue weighted by atomic mass is 32.2. The Morgan fingerprint density at radius 3 is 2.70 bits per heavy atom. The number of aliphatic hydroxyl groups is 1. The van der Waals surface area contributed by atoms with Crippen molar-refractivity contribution in [2.24, 2.45) is 0 Å². The highest BCUT2D eigenvalue weighted by Gasteiger charge is 2.38. The Morgan fingerprint density at radius 1 is 1.40 bits per heavy atom. The Kier molecular flexibility index (Phi) is 4.16. The second-order valence-corrected chi connectivity index (χ2v) is 6.66. The van der Waals surface area contributed by atoms with Gasteiger partial charge in [0.25, 0.3) is 0 Å². The van der Waals surface area contributed by atoms with E-state index in [0.717, 1.165) is 0 Å². The summed E-state index contributed by atoms with van der Waals surface area (Å²) in [6, 6.07) is 6.60. The molecule has 108 valence electrons. The Labute approximate surface area is 117 Å². The number of rotatable bonds is 4. The van der Waals surface area contributed by atoms with Crippen molar-refractivity contribution in [3.05, 3.63) is 23.8 Å². The quantitative estimate of drug-likeness (QED) is 0.869. The Morgan fingerprint density at radius 2 is 2.15 bits per heavy atom. The van der Waals surface area contributed by atoms with Crippen LogP contribution < -0.4 is 9.47 Å². The summed E-state index contributed by atoms with van der Waals surface area (Å²) >= 11 is 0. The van der Waals surface area contributed by atoms with E-state index in [-0.39, 0.29) is 11.5 Å². The second kappa shape index (κ2) is 5.69. The van der Waals surface area contributed by atoms with Gasteiger partial charge in [0.05, 0.1) is 29.7 Å². The maximum absolute atomic E-state index is 11.4. The Balaban J connectivity index is 2.23. The van der Waals surface area contributed by atoms with Crippen molar-refractivity contribution in [3.8, 4) is 17.6 Å². The molecule has 7 heteroatoms. The summed E-state index contributed by atoms with van der Waals surface area (Å²) in [7, 11) is -3.27. The Hall–Kier alpha value is -1.78. The first-order valence-corrected chi connectivity index (χ1v) is 7.99. The van der Waals surface area contributed by atoms with Crippen molar-refractivity contribution in [1.29, 1.82) is 5.26 Å². The third-order valence-corrected chi connectivity index (χ3v) is 4.61. The molecule has 20 heavy (non-hydrogen) atoms. The van der Waals surface area contributed by atoms with Crippen LogP contribution in [-0.2, 0) is 9.84 Å². The van der Waals surface area contributed by atoms with Crippen LogP contribution in [-0.4, -0.2) is 43.8 Å². The maximum Gasteiger partial charge on any atom is 0.162 e. The van der Waals surface area contributed by atoms with Crippen LogP contribution in [0.3, 0.4) is 0 Å². The topological polar surface area (TPSA) is 96.6 Å². The summed E-state index contributed by atoms with van der Waals surface area (Å²) in [6.45, 7) is 2.18. The molecule has 0 saturated carbocycles. The molecule has 2 rings (SSSR count). The van der Waals surface area contributed by atoms with Crippen LogP contribution in [0.25, 0.3) is 0 Å². The van der Waals surface area contributed by atoms with Gasteiger partial charge in [-0.1, -0.05) is 0 Å². The molecule has 1 aliphatic rings. The third-order valence-electron chi connectivity index (χ3n) is 2.92. The van der Waals surface area contributed by atoms with Gasteiger partial charge in [-0.05, 0) is 19.1 Å². The SMILES string of the molecule is CCOc1cc(C#N)ccc1OC1CS(=O)(=O)CC1O. The molecule has 1 fully saturated rings. The minimum atomic E-state index is -3.27. The molecule has 1 aromatic carbocycles. The van der Waals surface area contributed by atoms with Gasteiger partial charge in [-0.25, -0.2) is 8.42 Å². The second-order valence-electron chi connectivity index (χ2n) is 4.51. The lowest BCUT2D eigenvalue weighted by atomic mass is 10.2. The number of hydrogen-bond acceptors (Lipinski definition) is 6. The van der Waals surface area contributed by atoms with Crippen molar-refractivity contribution < 1.29 is 23.0 Å². The van der Waals surface area contributed by atoms with Gasteiger partial charge in [0, 0.05) is 6.07 Å². The zero-order valence-corrected chi connectivity index (χ0v) is 11.8. The third kappa shape index (κ3) is 3.21. The van der Waals surface area contributed by atoms with Gasteiger partial charge in [-0.15, -0.1) is 0 Å². The summed E-state index contributed by atoms with van der Waals surface area (Å²) in [4.78, 5) is 0. The molecule has 1 heterocycles. The summed E-state index contributed by atoms with van der Waals surface area (Å²) in [5, 5.41) is 18.6. The molecule has 0 radical (unpaired) electrons. The fraction of sp³-hybridized carbons (Fsp3) is 0.462. The van der Waals surface area contributed by atoms with Gasteiger partial charge in [0.15, 0.2) is 21.3 Å². The van der Waals surface area contributed by atoms with Crippen molar-refractivity contribution >= 4 is 9.84 Å². The fourth-order valence-corrected chi connectivity index (χ4v) is 3.68. The van der Waals surface area contributed by atoms with Crippen LogP contribution in [0.5, 0.6) is 11.5 Å². The average molecular weight is 297 g/mol. The number of nitrogens with zero attached hydrogens (tertiary/aromatic N) is 1. The largest absolute Gasteiger partial charge is 0.490 e. The molecule has 6 nitrogen and oxygen atoms in total. The van der Waals surface area contributed by atoms with E-state index in [2.05, 4.69) is 0 Å². The molecule has 1 aliphatic heterocycles. The highest BCUT2D eigenvalue weighted by Crippen LogP contribution is 2.31. The molecule has 1 aromatic rings. The van der Waals surface area contributed by atoms with Crippen LogP contribution in [0.2, 0.25) is 0 Å². The first-order chi connectivity index (χ1) is 9.45. The van der Waals surface area contributed by atoms with E-state index in [9.17, 15) is 13.5 Å². The minimum Gasteiger partial charge on any atom is -0.490 e. The van der Waals surface area contributed by atoms with Gasteiger partial charge in [-0.3, -0.25) is 0 Å². The molecule has 0 spiro atoms. The van der Waals surface area contributed by atoms with Crippen molar-refractivity contribution in [2.45, 2.75) is 19.1 Å². The van der Waals surface area contributed by atoms with Gasteiger partial charge < -0.3 is 14.6 Å². The number of benzene rings is 1. The van der Waals surface area contributed by atoms with Crippen LogP contribution in [0.15, 0.2) is 18.2 Å². The van der Waals surface area contributed by atoms with Crippen LogP contribution in [0, 0.1) is 11.3 Å². The molecular formula is C13H15NO5S. The number of nitriles is 1. The van der Waals surface area contributed by atoms with E-state index >= 15 is 0 Å². The van der Waals surface area contributed by atoms with E-state index in [1.54, 1.807) is 19.1 Å². The summed E-state index contributed by atoms with van der Waals surface area (Å²) in [5.74, 6) is 0.174. The molecule has 0 bridgehead atoms. The first-order valence-electron chi connectivity index (χ1n) is 6.17. The summed E-state index contributed by atoms with van der Waals surface area (Å²) in [6.07, 6.45) is -1.86. The average Bonchev–Trinajstić information content (AvgIpc) is 2.64.